The molecule has 4 amide bonds. The van der Waals surface area contributed by atoms with Crippen molar-refractivity contribution in [2.75, 3.05) is 0 Å². The summed E-state index contributed by atoms with van der Waals surface area (Å²) in [5.74, 6) is -0.178. The number of rotatable bonds is 0. The molecule has 0 aliphatic carbocycles. The van der Waals surface area contributed by atoms with Gasteiger partial charge in [0.2, 0.25) is 11.8 Å². The SMILES string of the molecule is O=C1CC2CC(=O)NC3NC(=O)NC(N1)C23. The standard InChI is InChI=1S/C9H12N4O3/c14-4-1-3-2-5(15)11-8-6(3)7(10-4)12-9(16)13-8/h3,6-8H,1-2H2,(H,10,14)(H,11,15)(H2,12,13,16). The molecule has 0 aromatic heterocycles. The van der Waals surface area contributed by atoms with E-state index in [2.05, 4.69) is 21.3 Å². The summed E-state index contributed by atoms with van der Waals surface area (Å²) in [6.07, 6.45) is -0.0400. The first kappa shape index (κ1) is 9.44. The van der Waals surface area contributed by atoms with Crippen LogP contribution in [-0.4, -0.2) is 30.2 Å². The Bertz CT molecular complexity index is 302. The lowest BCUT2D eigenvalue weighted by molar-refractivity contribution is -0.135. The Balaban J connectivity index is 1.91. The number of hydrogen-bond acceptors (Lipinski definition) is 3. The highest BCUT2D eigenvalue weighted by atomic mass is 16.2. The fourth-order valence-electron chi connectivity index (χ4n) is 2.80. The topological polar surface area (TPSA) is 99.3 Å². The van der Waals surface area contributed by atoms with Crippen LogP contribution in [-0.2, 0) is 9.59 Å². The van der Waals surface area contributed by atoms with E-state index in [9.17, 15) is 14.4 Å². The third-order valence-electron chi connectivity index (χ3n) is 3.42. The van der Waals surface area contributed by atoms with Gasteiger partial charge in [0, 0.05) is 18.8 Å². The molecule has 2 atom stereocenters. The summed E-state index contributed by atoms with van der Waals surface area (Å²) in [4.78, 5) is 34.1. The number of amides is 4. The molecule has 0 bridgehead atoms. The van der Waals surface area contributed by atoms with Gasteiger partial charge in [-0.15, -0.1) is 0 Å². The molecule has 3 fully saturated rings. The second-order valence-corrected chi connectivity index (χ2v) is 4.45. The third kappa shape index (κ3) is 1.31. The van der Waals surface area contributed by atoms with Gasteiger partial charge in [-0.1, -0.05) is 0 Å². The molecule has 7 nitrogen and oxygen atoms in total. The summed E-state index contributed by atoms with van der Waals surface area (Å²) in [7, 11) is 0. The van der Waals surface area contributed by atoms with Crippen LogP contribution in [0.15, 0.2) is 0 Å². The Kier molecular flexibility index (Phi) is 1.83. The lowest BCUT2D eigenvalue weighted by atomic mass is 9.76. The van der Waals surface area contributed by atoms with Crippen LogP contribution in [0.25, 0.3) is 0 Å². The van der Waals surface area contributed by atoms with Crippen LogP contribution in [0.2, 0.25) is 0 Å². The molecule has 2 unspecified atom stereocenters. The first-order valence-electron chi connectivity index (χ1n) is 5.29. The van der Waals surface area contributed by atoms with E-state index in [1.807, 2.05) is 0 Å². The van der Waals surface area contributed by atoms with Gasteiger partial charge in [-0.25, -0.2) is 4.79 Å². The van der Waals surface area contributed by atoms with Crippen molar-refractivity contribution in [2.24, 2.45) is 11.8 Å². The van der Waals surface area contributed by atoms with Gasteiger partial charge in [0.1, 0.15) is 12.3 Å². The molecule has 86 valence electrons. The normalized spacial score (nSPS) is 41.1. The minimum absolute atomic E-state index is 0.00519. The van der Waals surface area contributed by atoms with Crippen LogP contribution in [0.3, 0.4) is 0 Å². The highest BCUT2D eigenvalue weighted by Gasteiger charge is 2.49. The number of carbonyl (C=O) groups is 3. The zero-order chi connectivity index (χ0) is 11.3. The van der Waals surface area contributed by atoms with Crippen LogP contribution in [0.5, 0.6) is 0 Å². The van der Waals surface area contributed by atoms with E-state index in [0.29, 0.717) is 12.8 Å². The Hall–Kier alpha value is -1.79. The fourth-order valence-corrected chi connectivity index (χ4v) is 2.80. The van der Waals surface area contributed by atoms with Crippen molar-refractivity contribution in [3.63, 3.8) is 0 Å². The molecule has 0 aromatic rings. The molecule has 3 aliphatic heterocycles. The minimum atomic E-state index is -0.370. The van der Waals surface area contributed by atoms with Crippen molar-refractivity contribution in [3.8, 4) is 0 Å². The van der Waals surface area contributed by atoms with E-state index in [-0.39, 0.29) is 42.0 Å². The quantitative estimate of drug-likeness (QED) is 0.391. The summed E-state index contributed by atoms with van der Waals surface area (Å²) in [5, 5.41) is 10.8. The molecular weight excluding hydrogens is 212 g/mol. The monoisotopic (exact) mass is 224 g/mol. The van der Waals surface area contributed by atoms with Gasteiger partial charge in [0.05, 0.1) is 0 Å². The van der Waals surface area contributed by atoms with Gasteiger partial charge in [-0.05, 0) is 5.92 Å². The molecule has 3 aliphatic rings. The Labute approximate surface area is 91.3 Å². The first-order chi connectivity index (χ1) is 7.63. The van der Waals surface area contributed by atoms with Crippen LogP contribution in [0.1, 0.15) is 12.8 Å². The predicted molar refractivity (Wildman–Crippen MR) is 51.7 cm³/mol. The number of piperidine rings is 2. The number of nitrogens with one attached hydrogen (secondary N) is 4. The van der Waals surface area contributed by atoms with Gasteiger partial charge < -0.3 is 21.3 Å². The van der Waals surface area contributed by atoms with E-state index in [1.165, 1.54) is 0 Å². The molecule has 4 N–H and O–H groups in total. The van der Waals surface area contributed by atoms with Gasteiger partial charge in [-0.3, -0.25) is 9.59 Å². The van der Waals surface area contributed by atoms with E-state index < -0.39 is 0 Å². The molecule has 7 heteroatoms. The maximum Gasteiger partial charge on any atom is 0.318 e. The van der Waals surface area contributed by atoms with Crippen LogP contribution in [0.4, 0.5) is 4.79 Å². The highest BCUT2D eigenvalue weighted by Crippen LogP contribution is 2.32. The van der Waals surface area contributed by atoms with E-state index in [0.717, 1.165) is 0 Å². The van der Waals surface area contributed by atoms with Crippen LogP contribution >= 0.6 is 0 Å². The Morgan fingerprint density at radius 3 is 1.81 bits per heavy atom. The van der Waals surface area contributed by atoms with E-state index >= 15 is 0 Å². The fraction of sp³-hybridized carbons (Fsp3) is 0.667. The highest BCUT2D eigenvalue weighted by molar-refractivity contribution is 5.85. The molecule has 16 heavy (non-hydrogen) atoms. The predicted octanol–water partition coefficient (Wildman–Crippen LogP) is -1.78. The maximum absolute atomic E-state index is 11.4. The van der Waals surface area contributed by atoms with E-state index in [4.69, 9.17) is 0 Å². The lowest BCUT2D eigenvalue weighted by Crippen LogP contribution is -2.75. The van der Waals surface area contributed by atoms with Crippen molar-refractivity contribution in [3.05, 3.63) is 0 Å². The Morgan fingerprint density at radius 1 is 0.812 bits per heavy atom. The summed E-state index contributed by atoms with van der Waals surface area (Å²) < 4.78 is 0. The number of carbonyl (C=O) groups excluding carboxylic acids is 3. The molecule has 0 saturated carbocycles. The average molecular weight is 224 g/mol. The van der Waals surface area contributed by atoms with Gasteiger partial charge in [-0.2, -0.15) is 0 Å². The zero-order valence-electron chi connectivity index (χ0n) is 8.45. The molecule has 0 spiro atoms. The minimum Gasteiger partial charge on any atom is -0.336 e. The van der Waals surface area contributed by atoms with Crippen molar-refractivity contribution >= 4 is 17.8 Å². The maximum atomic E-state index is 11.4. The second kappa shape index (κ2) is 3.10. The molecular formula is C9H12N4O3. The largest absolute Gasteiger partial charge is 0.336 e. The second-order valence-electron chi connectivity index (χ2n) is 4.45. The van der Waals surface area contributed by atoms with Crippen LogP contribution in [0, 0.1) is 11.8 Å². The lowest BCUT2D eigenvalue weighted by Gasteiger charge is -2.48. The summed E-state index contributed by atoms with van der Waals surface area (Å²) in [6, 6.07) is -0.366. The summed E-state index contributed by atoms with van der Waals surface area (Å²) >= 11 is 0. The van der Waals surface area contributed by atoms with Crippen molar-refractivity contribution in [1.29, 1.82) is 0 Å². The molecule has 0 radical (unpaired) electrons. The van der Waals surface area contributed by atoms with Crippen molar-refractivity contribution in [1.82, 2.24) is 21.3 Å². The first-order valence-corrected chi connectivity index (χ1v) is 5.29. The zero-order valence-corrected chi connectivity index (χ0v) is 8.45. The van der Waals surface area contributed by atoms with Crippen molar-refractivity contribution < 1.29 is 14.4 Å². The molecule has 3 heterocycles. The molecule has 0 aromatic carbocycles. The van der Waals surface area contributed by atoms with Gasteiger partial charge in [0.25, 0.3) is 0 Å². The number of hydrogen-bond donors (Lipinski definition) is 4. The average Bonchev–Trinajstić information content (AvgIpc) is 2.14. The van der Waals surface area contributed by atoms with Gasteiger partial charge in [0.15, 0.2) is 0 Å². The Morgan fingerprint density at radius 2 is 1.31 bits per heavy atom. The van der Waals surface area contributed by atoms with Crippen LogP contribution < -0.4 is 21.3 Å². The summed E-state index contributed by atoms with van der Waals surface area (Å²) in [6.45, 7) is 0. The smallest absolute Gasteiger partial charge is 0.318 e. The van der Waals surface area contributed by atoms with E-state index in [1.54, 1.807) is 0 Å². The third-order valence-corrected chi connectivity index (χ3v) is 3.42. The molecule has 3 saturated heterocycles. The summed E-state index contributed by atoms with van der Waals surface area (Å²) in [5.41, 5.74) is 0. The van der Waals surface area contributed by atoms with Gasteiger partial charge >= 0.3 is 6.03 Å². The number of urea groups is 1. The van der Waals surface area contributed by atoms with Crippen molar-refractivity contribution in [2.45, 2.75) is 25.2 Å². The molecule has 3 rings (SSSR count).